The lowest BCUT2D eigenvalue weighted by Crippen LogP contribution is -2.32. The number of aromatic nitrogens is 4. The van der Waals surface area contributed by atoms with Gasteiger partial charge < -0.3 is 9.64 Å². The van der Waals surface area contributed by atoms with Gasteiger partial charge in [0.1, 0.15) is 11.8 Å². The topological polar surface area (TPSA) is 75.7 Å². The molecule has 0 radical (unpaired) electrons. The van der Waals surface area contributed by atoms with Gasteiger partial charge in [-0.25, -0.2) is 9.36 Å². The highest BCUT2D eigenvalue weighted by Crippen LogP contribution is 2.41. The first-order chi connectivity index (χ1) is 17.0. The summed E-state index contributed by atoms with van der Waals surface area (Å²) in [5.74, 6) is 0.637. The van der Waals surface area contributed by atoms with E-state index < -0.39 is 0 Å². The predicted octanol–water partition coefficient (Wildman–Crippen LogP) is 5.36. The highest BCUT2D eigenvalue weighted by Gasteiger charge is 2.23. The molecule has 1 aromatic carbocycles. The first kappa shape index (κ1) is 23.0. The summed E-state index contributed by atoms with van der Waals surface area (Å²) >= 11 is 1.46. The summed E-state index contributed by atoms with van der Waals surface area (Å²) in [5, 5.41) is 18.9. The van der Waals surface area contributed by atoms with Gasteiger partial charge in [0, 0.05) is 32.8 Å². The number of nitrogens with zero attached hydrogens (tertiary/aromatic N) is 7. The minimum Gasteiger partial charge on any atom is -0.498 e. The highest BCUT2D eigenvalue weighted by molar-refractivity contribution is 7.99. The van der Waals surface area contributed by atoms with Crippen LogP contribution in [-0.4, -0.2) is 51.5 Å². The molecule has 8 nitrogen and oxygen atoms in total. The zero-order valence-electron chi connectivity index (χ0n) is 19.9. The molecule has 1 fully saturated rings. The van der Waals surface area contributed by atoms with Crippen molar-refractivity contribution in [1.82, 2.24) is 24.3 Å². The average molecular weight is 484 g/mol. The molecule has 176 valence electrons. The molecule has 1 saturated heterocycles. The Bertz CT molecular complexity index is 1480. The highest BCUT2D eigenvalue weighted by atomic mass is 32.2. The van der Waals surface area contributed by atoms with E-state index >= 15 is 0 Å². The Kier molecular flexibility index (Phi) is 6.21. The molecule has 9 heteroatoms. The zero-order valence-corrected chi connectivity index (χ0v) is 20.7. The standard InChI is InChI=1S/C26H25N7OS/c1-17-22(15-30-33(17)20-7-9-31(3)10-8-20)18-11-25(26-19(13-27)14-29-32(26)16-18)35-24-6-5-21(34-4)12-23(24)28-2/h5-6,11-12,14-16,20H,7-10H2,1,3-4H3. The lowest BCUT2D eigenvalue weighted by atomic mass is 10.0. The smallest absolute Gasteiger partial charge is 0.204 e. The third kappa shape index (κ3) is 4.25. The van der Waals surface area contributed by atoms with Crippen LogP contribution in [0.5, 0.6) is 5.75 Å². The molecule has 4 heterocycles. The van der Waals surface area contributed by atoms with E-state index in [0.29, 0.717) is 23.0 Å². The first-order valence-electron chi connectivity index (χ1n) is 11.4. The molecule has 3 aromatic heterocycles. The van der Waals surface area contributed by atoms with Crippen molar-refractivity contribution in [1.29, 1.82) is 5.26 Å². The van der Waals surface area contributed by atoms with Crippen molar-refractivity contribution in [2.45, 2.75) is 35.6 Å². The number of ether oxygens (including phenoxy) is 1. The molecule has 0 amide bonds. The van der Waals surface area contributed by atoms with E-state index in [1.54, 1.807) is 23.9 Å². The van der Waals surface area contributed by atoms with Crippen molar-refractivity contribution < 1.29 is 4.74 Å². The Morgan fingerprint density at radius 3 is 2.69 bits per heavy atom. The first-order valence-corrected chi connectivity index (χ1v) is 12.2. The Balaban J connectivity index is 1.59. The molecule has 1 aliphatic rings. The van der Waals surface area contributed by atoms with E-state index in [4.69, 9.17) is 16.4 Å². The van der Waals surface area contributed by atoms with E-state index in [0.717, 1.165) is 58.1 Å². The SMILES string of the molecule is [C-]#[N+]c1cc(OC)ccc1Sc1cc(-c2cnn(C3CCN(C)CC3)c2C)cn2ncc(C#N)c12. The van der Waals surface area contributed by atoms with Crippen molar-refractivity contribution >= 4 is 23.0 Å². The van der Waals surface area contributed by atoms with E-state index in [1.165, 1.54) is 11.8 Å². The van der Waals surface area contributed by atoms with Gasteiger partial charge in [-0.05, 0) is 58.1 Å². The number of piperidine rings is 1. The van der Waals surface area contributed by atoms with Crippen molar-refractivity contribution in [3.8, 4) is 22.9 Å². The number of fused-ring (bicyclic) bond motifs is 1. The van der Waals surface area contributed by atoms with Crippen LogP contribution in [0.4, 0.5) is 5.69 Å². The number of methoxy groups -OCH3 is 1. The number of hydrogen-bond acceptors (Lipinski definition) is 6. The minimum atomic E-state index is 0.396. The van der Waals surface area contributed by atoms with Crippen LogP contribution in [0, 0.1) is 24.8 Å². The lowest BCUT2D eigenvalue weighted by molar-refractivity contribution is 0.210. The van der Waals surface area contributed by atoms with E-state index in [1.807, 2.05) is 24.5 Å². The third-order valence-corrected chi connectivity index (χ3v) is 7.69. The second-order valence-corrected chi connectivity index (χ2v) is 9.81. The van der Waals surface area contributed by atoms with Gasteiger partial charge in [-0.1, -0.05) is 17.8 Å². The Labute approximate surface area is 208 Å². The van der Waals surface area contributed by atoms with Crippen LogP contribution >= 0.6 is 11.8 Å². The largest absolute Gasteiger partial charge is 0.498 e. The molecule has 0 bridgehead atoms. The molecular weight excluding hydrogens is 458 g/mol. The van der Waals surface area contributed by atoms with Crippen LogP contribution in [0.15, 0.2) is 52.6 Å². The van der Waals surface area contributed by atoms with Crippen molar-refractivity contribution in [2.75, 3.05) is 27.2 Å². The van der Waals surface area contributed by atoms with Crippen LogP contribution in [0.25, 0.3) is 21.5 Å². The molecule has 1 aliphatic heterocycles. The van der Waals surface area contributed by atoms with Gasteiger partial charge in [-0.15, -0.1) is 0 Å². The summed E-state index contributed by atoms with van der Waals surface area (Å²) in [7, 11) is 3.75. The second-order valence-electron chi connectivity index (χ2n) is 8.73. The second kappa shape index (κ2) is 9.46. The Morgan fingerprint density at radius 2 is 1.97 bits per heavy atom. The summed E-state index contributed by atoms with van der Waals surface area (Å²) in [6.45, 7) is 11.9. The normalized spacial score (nSPS) is 14.7. The number of nitriles is 1. The van der Waals surface area contributed by atoms with Crippen LogP contribution in [-0.2, 0) is 0 Å². The number of hydrogen-bond donors (Lipinski definition) is 0. The molecule has 0 atom stereocenters. The van der Waals surface area contributed by atoms with E-state index in [-0.39, 0.29) is 0 Å². The fourth-order valence-electron chi connectivity index (χ4n) is 4.62. The summed E-state index contributed by atoms with van der Waals surface area (Å²) < 4.78 is 9.19. The van der Waals surface area contributed by atoms with Crippen molar-refractivity contribution in [2.24, 2.45) is 0 Å². The number of likely N-dealkylation sites (tertiary alicyclic amines) is 1. The van der Waals surface area contributed by atoms with E-state index in [9.17, 15) is 5.26 Å². The minimum absolute atomic E-state index is 0.396. The molecular formula is C26H25N7OS. The fourth-order valence-corrected chi connectivity index (χ4v) is 5.69. The molecule has 5 rings (SSSR count). The van der Waals surface area contributed by atoms with Gasteiger partial charge in [-0.3, -0.25) is 4.68 Å². The van der Waals surface area contributed by atoms with Crippen molar-refractivity contribution in [3.05, 3.63) is 65.5 Å². The van der Waals surface area contributed by atoms with Crippen molar-refractivity contribution in [3.63, 3.8) is 0 Å². The summed E-state index contributed by atoms with van der Waals surface area (Å²) in [6, 6.07) is 10.2. The Hall–Kier alpha value is -3.79. The van der Waals surface area contributed by atoms with Gasteiger partial charge in [0.05, 0.1) is 43.2 Å². The lowest BCUT2D eigenvalue weighted by Gasteiger charge is -2.29. The maximum absolute atomic E-state index is 9.69. The molecule has 35 heavy (non-hydrogen) atoms. The molecule has 0 spiro atoms. The molecule has 0 aliphatic carbocycles. The number of rotatable bonds is 5. The zero-order chi connectivity index (χ0) is 24.5. The predicted molar refractivity (Wildman–Crippen MR) is 135 cm³/mol. The Morgan fingerprint density at radius 1 is 1.17 bits per heavy atom. The van der Waals surface area contributed by atoms with Gasteiger partial charge in [0.2, 0.25) is 5.69 Å². The monoisotopic (exact) mass is 483 g/mol. The van der Waals surface area contributed by atoms with Gasteiger partial charge in [-0.2, -0.15) is 15.5 Å². The van der Waals surface area contributed by atoms with E-state index in [2.05, 4.69) is 45.6 Å². The molecule has 0 N–H and O–H groups in total. The number of benzene rings is 1. The van der Waals surface area contributed by atoms with Gasteiger partial charge >= 0.3 is 0 Å². The van der Waals surface area contributed by atoms with Crippen LogP contribution in [0.1, 0.15) is 30.1 Å². The molecule has 0 unspecified atom stereocenters. The van der Waals surface area contributed by atoms with Gasteiger partial charge in [0.25, 0.3) is 0 Å². The van der Waals surface area contributed by atoms with Crippen LogP contribution < -0.4 is 4.74 Å². The maximum Gasteiger partial charge on any atom is 0.204 e. The summed E-state index contributed by atoms with van der Waals surface area (Å²) in [6.07, 6.45) is 7.63. The maximum atomic E-state index is 9.69. The number of pyridine rings is 1. The third-order valence-electron chi connectivity index (χ3n) is 6.59. The van der Waals surface area contributed by atoms with Gasteiger partial charge in [0.15, 0.2) is 0 Å². The average Bonchev–Trinajstić information content (AvgIpc) is 3.48. The quantitative estimate of drug-likeness (QED) is 0.356. The summed E-state index contributed by atoms with van der Waals surface area (Å²) in [4.78, 5) is 7.70. The fraction of sp³-hybridized carbons (Fsp3) is 0.308. The van der Waals surface area contributed by atoms with Crippen LogP contribution in [0.2, 0.25) is 0 Å². The molecule has 0 saturated carbocycles. The van der Waals surface area contributed by atoms with Crippen LogP contribution in [0.3, 0.4) is 0 Å². The molecule has 4 aromatic rings. The summed E-state index contributed by atoms with van der Waals surface area (Å²) in [5.41, 5.74) is 4.86.